The summed E-state index contributed by atoms with van der Waals surface area (Å²) in [6, 6.07) is 9.49. The van der Waals surface area contributed by atoms with Crippen molar-refractivity contribution in [3.63, 3.8) is 0 Å². The maximum atomic E-state index is 14.2. The Labute approximate surface area is 216 Å². The zero-order valence-electron chi connectivity index (χ0n) is 20.1. The van der Waals surface area contributed by atoms with E-state index in [0.717, 1.165) is 10.6 Å². The second kappa shape index (κ2) is 12.6. The lowest BCUT2D eigenvalue weighted by Crippen LogP contribution is -2.49. The van der Waals surface area contributed by atoms with Crippen LogP contribution >= 0.6 is 23.2 Å². The molecule has 1 N–H and O–H groups in total. The van der Waals surface area contributed by atoms with Gasteiger partial charge in [-0.05, 0) is 57.0 Å². The molecule has 2 aromatic carbocycles. The second-order valence-corrected chi connectivity index (χ2v) is 11.2. The van der Waals surface area contributed by atoms with Crippen LogP contribution in [0.25, 0.3) is 0 Å². The molecule has 0 aliphatic rings. The Balaban J connectivity index is 2.22. The highest BCUT2D eigenvalue weighted by Gasteiger charge is 2.28. The number of nitrogens with zero attached hydrogens (tertiary/aromatic N) is 2. The van der Waals surface area contributed by atoms with Crippen molar-refractivity contribution >= 4 is 50.7 Å². The summed E-state index contributed by atoms with van der Waals surface area (Å²) in [4.78, 5) is 27.3. The molecule has 0 bridgehead atoms. The van der Waals surface area contributed by atoms with E-state index in [0.29, 0.717) is 15.6 Å². The van der Waals surface area contributed by atoms with Crippen molar-refractivity contribution in [3.8, 4) is 0 Å². The molecular weight excluding hydrogens is 516 g/mol. The van der Waals surface area contributed by atoms with Gasteiger partial charge >= 0.3 is 0 Å². The van der Waals surface area contributed by atoms with Crippen LogP contribution in [0.2, 0.25) is 10.0 Å². The number of hydrogen-bond donors (Lipinski definition) is 1. The van der Waals surface area contributed by atoms with Crippen LogP contribution in [0.3, 0.4) is 0 Å². The number of carbonyl (C=O) groups excluding carboxylic acids is 2. The van der Waals surface area contributed by atoms with Crippen LogP contribution in [0.15, 0.2) is 42.5 Å². The lowest BCUT2D eigenvalue weighted by molar-refractivity contribution is -0.140. The minimum Gasteiger partial charge on any atom is -0.352 e. The molecule has 1 atom stereocenters. The average Bonchev–Trinajstić information content (AvgIpc) is 2.75. The van der Waals surface area contributed by atoms with E-state index >= 15 is 0 Å². The van der Waals surface area contributed by atoms with Gasteiger partial charge in [-0.1, -0.05) is 41.4 Å². The van der Waals surface area contributed by atoms with E-state index < -0.39 is 21.9 Å². The van der Waals surface area contributed by atoms with Gasteiger partial charge in [-0.2, -0.15) is 0 Å². The van der Waals surface area contributed by atoms with E-state index in [4.69, 9.17) is 23.2 Å². The molecule has 7 nitrogen and oxygen atoms in total. The lowest BCUT2D eigenvalue weighted by Gasteiger charge is -2.30. The topological polar surface area (TPSA) is 86.8 Å². The summed E-state index contributed by atoms with van der Waals surface area (Å²) in [6.45, 7) is 5.20. The average molecular weight is 546 g/mol. The van der Waals surface area contributed by atoms with Crippen molar-refractivity contribution in [3.05, 3.63) is 63.9 Å². The number of para-hydroxylation sites is 1. The molecule has 0 fully saturated rings. The number of halogens is 3. The first kappa shape index (κ1) is 28.9. The number of benzene rings is 2. The highest BCUT2D eigenvalue weighted by atomic mass is 35.5. The van der Waals surface area contributed by atoms with E-state index in [1.54, 1.807) is 25.1 Å². The monoisotopic (exact) mass is 545 g/mol. The molecule has 0 saturated carbocycles. The Bertz CT molecular complexity index is 1160. The molecule has 0 spiro atoms. The van der Waals surface area contributed by atoms with Crippen LogP contribution in [0.5, 0.6) is 0 Å². The van der Waals surface area contributed by atoms with Crippen molar-refractivity contribution in [2.75, 3.05) is 17.1 Å². The first-order chi connectivity index (χ1) is 16.3. The number of hydrogen-bond acceptors (Lipinski definition) is 4. The number of sulfonamides is 1. The molecule has 0 heterocycles. The number of nitrogens with one attached hydrogen (secondary N) is 1. The normalized spacial score (nSPS) is 12.3. The van der Waals surface area contributed by atoms with Gasteiger partial charge < -0.3 is 10.2 Å². The van der Waals surface area contributed by atoms with E-state index in [1.165, 1.54) is 29.2 Å². The maximum absolute atomic E-state index is 14.2. The summed E-state index contributed by atoms with van der Waals surface area (Å²) in [6.07, 6.45) is 1.03. The molecule has 0 aliphatic heterocycles. The third kappa shape index (κ3) is 8.37. The van der Waals surface area contributed by atoms with Gasteiger partial charge in [0.15, 0.2) is 0 Å². The molecule has 11 heteroatoms. The smallest absolute Gasteiger partial charge is 0.242 e. The molecule has 2 rings (SSSR count). The van der Waals surface area contributed by atoms with Crippen molar-refractivity contribution in [2.24, 2.45) is 0 Å². The van der Waals surface area contributed by atoms with Gasteiger partial charge in [0.25, 0.3) is 0 Å². The number of carbonyl (C=O) groups is 2. The Morgan fingerprint density at radius 3 is 2.31 bits per heavy atom. The Hall–Kier alpha value is -2.36. The Morgan fingerprint density at radius 1 is 1.09 bits per heavy atom. The third-order valence-electron chi connectivity index (χ3n) is 5.23. The Morgan fingerprint density at radius 2 is 1.74 bits per heavy atom. The first-order valence-electron chi connectivity index (χ1n) is 11.1. The summed E-state index contributed by atoms with van der Waals surface area (Å²) >= 11 is 12.3. The molecule has 0 aromatic heterocycles. The van der Waals surface area contributed by atoms with E-state index in [9.17, 15) is 22.4 Å². The van der Waals surface area contributed by atoms with Gasteiger partial charge in [0.1, 0.15) is 11.9 Å². The van der Waals surface area contributed by atoms with Crippen molar-refractivity contribution in [1.82, 2.24) is 10.2 Å². The van der Waals surface area contributed by atoms with Crippen molar-refractivity contribution in [1.29, 1.82) is 0 Å². The van der Waals surface area contributed by atoms with E-state index in [2.05, 4.69) is 5.32 Å². The molecule has 2 aromatic rings. The highest BCUT2D eigenvalue weighted by molar-refractivity contribution is 7.92. The standard InChI is InChI=1S/C24H30Cl2FN3O4S/c1-16(2)28-24(32)17(3)29(15-18-11-12-19(25)14-20(18)26)23(31)10-7-13-30(35(4,33)34)22-9-6-5-8-21(22)27/h5-6,8-9,11-12,14,16-17H,7,10,13,15H2,1-4H3,(H,28,32)/t17-/m1/s1. The summed E-state index contributed by atoms with van der Waals surface area (Å²) < 4.78 is 39.8. The molecule has 2 amide bonds. The highest BCUT2D eigenvalue weighted by Crippen LogP contribution is 2.25. The van der Waals surface area contributed by atoms with Crippen molar-refractivity contribution in [2.45, 2.75) is 52.2 Å². The maximum Gasteiger partial charge on any atom is 0.242 e. The summed E-state index contributed by atoms with van der Waals surface area (Å²) in [5.41, 5.74) is 0.523. The fourth-order valence-corrected chi connectivity index (χ4v) is 4.89. The van der Waals surface area contributed by atoms with E-state index in [-0.39, 0.29) is 49.5 Å². The lowest BCUT2D eigenvalue weighted by atomic mass is 10.1. The second-order valence-electron chi connectivity index (χ2n) is 8.49. The van der Waals surface area contributed by atoms with Gasteiger partial charge in [0.2, 0.25) is 21.8 Å². The zero-order valence-corrected chi connectivity index (χ0v) is 22.4. The summed E-state index contributed by atoms with van der Waals surface area (Å²) in [5.74, 6) is -1.38. The number of amides is 2. The van der Waals surface area contributed by atoms with Crippen LogP contribution in [0, 0.1) is 5.82 Å². The number of anilines is 1. The van der Waals surface area contributed by atoms with Crippen LogP contribution in [-0.4, -0.2) is 50.0 Å². The first-order valence-corrected chi connectivity index (χ1v) is 13.7. The van der Waals surface area contributed by atoms with Gasteiger partial charge in [-0.25, -0.2) is 12.8 Å². The third-order valence-corrected chi connectivity index (χ3v) is 6.99. The van der Waals surface area contributed by atoms with Crippen LogP contribution < -0.4 is 9.62 Å². The van der Waals surface area contributed by atoms with Gasteiger partial charge in [0.05, 0.1) is 11.9 Å². The quantitative estimate of drug-likeness (QED) is 0.446. The van der Waals surface area contributed by atoms with Gasteiger partial charge in [-0.15, -0.1) is 0 Å². The van der Waals surface area contributed by atoms with Crippen molar-refractivity contribution < 1.29 is 22.4 Å². The minimum absolute atomic E-state index is 0.0601. The van der Waals surface area contributed by atoms with Gasteiger partial charge in [-0.3, -0.25) is 13.9 Å². The fourth-order valence-electron chi connectivity index (χ4n) is 3.46. The largest absolute Gasteiger partial charge is 0.352 e. The zero-order chi connectivity index (χ0) is 26.3. The molecule has 0 aliphatic carbocycles. The molecular formula is C24H30Cl2FN3O4S. The minimum atomic E-state index is -3.79. The molecule has 35 heavy (non-hydrogen) atoms. The molecule has 0 saturated heterocycles. The fraction of sp³-hybridized carbons (Fsp3) is 0.417. The Kier molecular flexibility index (Phi) is 10.4. The predicted octanol–water partition coefficient (Wildman–Crippen LogP) is 4.62. The number of rotatable bonds is 11. The van der Waals surface area contributed by atoms with Crippen LogP contribution in [0.4, 0.5) is 10.1 Å². The van der Waals surface area contributed by atoms with Crippen LogP contribution in [-0.2, 0) is 26.2 Å². The predicted molar refractivity (Wildman–Crippen MR) is 138 cm³/mol. The van der Waals surface area contributed by atoms with Gasteiger partial charge in [0, 0.05) is 35.6 Å². The van der Waals surface area contributed by atoms with E-state index in [1.807, 2.05) is 13.8 Å². The molecule has 0 unspecified atom stereocenters. The summed E-state index contributed by atoms with van der Waals surface area (Å²) in [7, 11) is -3.79. The van der Waals surface area contributed by atoms with Crippen LogP contribution in [0.1, 0.15) is 39.2 Å². The molecule has 192 valence electrons. The summed E-state index contributed by atoms with van der Waals surface area (Å²) in [5, 5.41) is 3.59. The molecule has 0 radical (unpaired) electrons. The SMILES string of the molecule is CC(C)NC(=O)[C@@H](C)N(Cc1ccc(Cl)cc1Cl)C(=O)CCCN(c1ccccc1F)S(C)(=O)=O.